The van der Waals surface area contributed by atoms with E-state index in [4.69, 9.17) is 1.37 Å². The fourth-order valence-corrected chi connectivity index (χ4v) is 0.492. The number of nitrogens with one attached hydrogen (secondary N) is 1. The molecule has 0 unspecified atom stereocenters. The van der Waals surface area contributed by atoms with E-state index in [1.54, 1.807) is 0 Å². The van der Waals surface area contributed by atoms with E-state index in [1.165, 1.54) is 12.8 Å². The van der Waals surface area contributed by atoms with Crippen molar-refractivity contribution in [2.24, 2.45) is 0 Å². The van der Waals surface area contributed by atoms with Gasteiger partial charge in [-0.05, 0) is 19.4 Å². The highest BCUT2D eigenvalue weighted by Gasteiger charge is 2.18. The molecule has 6 heavy (non-hydrogen) atoms. The van der Waals surface area contributed by atoms with E-state index in [2.05, 4.69) is 5.32 Å². The maximum absolute atomic E-state index is 6.76. The van der Waals surface area contributed by atoms with Crippen molar-refractivity contribution in [3.05, 3.63) is 0 Å². The van der Waals surface area contributed by atoms with Gasteiger partial charge in [-0.25, -0.2) is 0 Å². The zero-order valence-corrected chi connectivity index (χ0v) is 3.91. The van der Waals surface area contributed by atoms with Crippen LogP contribution in [0.5, 0.6) is 0 Å². The van der Waals surface area contributed by atoms with Crippen molar-refractivity contribution < 1.29 is 1.37 Å². The quantitative estimate of drug-likeness (QED) is 0.523. The third-order valence-corrected chi connectivity index (χ3v) is 1.01. The molecule has 1 aliphatic rings. The molecular weight excluding hydrogens is 74.1 g/mol. The molecule has 0 atom stereocenters. The van der Waals surface area contributed by atoms with Crippen molar-refractivity contribution in [2.45, 2.75) is 25.8 Å². The predicted molar refractivity (Wildman–Crippen MR) is 26.7 cm³/mol. The van der Waals surface area contributed by atoms with Gasteiger partial charge in [-0.3, -0.25) is 0 Å². The molecule has 0 spiro atoms. The van der Waals surface area contributed by atoms with Crippen LogP contribution in [0.2, 0.25) is 0 Å². The van der Waals surface area contributed by atoms with Gasteiger partial charge in [0.2, 0.25) is 0 Å². The van der Waals surface area contributed by atoms with Crippen LogP contribution in [-0.4, -0.2) is 12.6 Å². The molecule has 0 aliphatic heterocycles. The lowest BCUT2D eigenvalue weighted by Crippen LogP contribution is -2.14. The van der Waals surface area contributed by atoms with E-state index < -0.39 is 0 Å². The van der Waals surface area contributed by atoms with Crippen LogP contribution in [-0.2, 0) is 0 Å². The maximum Gasteiger partial charge on any atom is 0.0243 e. The summed E-state index contributed by atoms with van der Waals surface area (Å²) < 4.78 is 6.76. The second-order valence-electron chi connectivity index (χ2n) is 1.73. The van der Waals surface area contributed by atoms with Crippen molar-refractivity contribution >= 4 is 0 Å². The highest BCUT2D eigenvalue weighted by molar-refractivity contribution is 4.79. The van der Waals surface area contributed by atoms with E-state index in [0.29, 0.717) is 6.90 Å². The summed E-state index contributed by atoms with van der Waals surface area (Å²) in [5.41, 5.74) is 0. The maximum atomic E-state index is 6.76. The van der Waals surface area contributed by atoms with Crippen molar-refractivity contribution in [3.63, 3.8) is 0 Å². The first-order valence-corrected chi connectivity index (χ1v) is 2.46. The summed E-state index contributed by atoms with van der Waals surface area (Å²) in [7, 11) is 0. The standard InChI is InChI=1S/C5H11N/c1-2-6-5-3-4-5/h5-6H,2-4H2,1H3/i1D. The number of hydrogen-bond acceptors (Lipinski definition) is 1. The predicted octanol–water partition coefficient (Wildman–Crippen LogP) is 0.758. The number of hydrogen-bond donors (Lipinski definition) is 1. The fourth-order valence-electron chi connectivity index (χ4n) is 0.492. The van der Waals surface area contributed by atoms with Crippen LogP contribution in [0.25, 0.3) is 0 Å². The van der Waals surface area contributed by atoms with Gasteiger partial charge in [-0.2, -0.15) is 0 Å². The average Bonchev–Trinajstić information content (AvgIpc) is 2.42. The van der Waals surface area contributed by atoms with E-state index in [9.17, 15) is 0 Å². The molecule has 36 valence electrons. The Hall–Kier alpha value is -0.0400. The lowest BCUT2D eigenvalue weighted by Gasteiger charge is -1.89. The van der Waals surface area contributed by atoms with Crippen LogP contribution >= 0.6 is 0 Å². The first-order valence-electron chi connectivity index (χ1n) is 3.17. The summed E-state index contributed by atoms with van der Waals surface area (Å²) in [6, 6.07) is 0.783. The average molecular weight is 86.2 g/mol. The third-order valence-electron chi connectivity index (χ3n) is 1.01. The molecule has 0 aromatic heterocycles. The van der Waals surface area contributed by atoms with Gasteiger partial charge in [0.25, 0.3) is 0 Å². The van der Waals surface area contributed by atoms with Crippen molar-refractivity contribution in [3.8, 4) is 0 Å². The molecule has 1 fully saturated rings. The van der Waals surface area contributed by atoms with Crippen LogP contribution < -0.4 is 5.32 Å². The lowest BCUT2D eigenvalue weighted by atomic mass is 10.6. The minimum atomic E-state index is 0.524. The Bertz CT molecular complexity index is 52.0. The second kappa shape index (κ2) is 1.61. The Kier molecular flexibility index (Phi) is 0.810. The third kappa shape index (κ3) is 0.977. The molecule has 1 saturated carbocycles. The summed E-state index contributed by atoms with van der Waals surface area (Å²) in [6.07, 6.45) is 2.67. The van der Waals surface area contributed by atoms with Gasteiger partial charge < -0.3 is 5.32 Å². The zero-order valence-electron chi connectivity index (χ0n) is 4.91. The molecule has 1 nitrogen and oxygen atoms in total. The van der Waals surface area contributed by atoms with Gasteiger partial charge in [0.1, 0.15) is 0 Å². The summed E-state index contributed by atoms with van der Waals surface area (Å²) in [4.78, 5) is 0. The first-order chi connectivity index (χ1) is 3.43. The Morgan fingerprint density at radius 3 is 3.33 bits per heavy atom. The first kappa shape index (κ1) is 3.03. The molecule has 1 aliphatic carbocycles. The summed E-state index contributed by atoms with van der Waals surface area (Å²) in [5.74, 6) is 0. The minimum Gasteiger partial charge on any atom is -0.314 e. The SMILES string of the molecule is [2H]CCNC1CC1. The second-order valence-corrected chi connectivity index (χ2v) is 1.73. The summed E-state index contributed by atoms with van der Waals surface area (Å²) in [6.45, 7) is 1.40. The van der Waals surface area contributed by atoms with Crippen LogP contribution in [0.3, 0.4) is 0 Å². The largest absolute Gasteiger partial charge is 0.314 e. The van der Waals surface area contributed by atoms with Gasteiger partial charge >= 0.3 is 0 Å². The van der Waals surface area contributed by atoms with Crippen LogP contribution in [0, 0.1) is 0 Å². The smallest absolute Gasteiger partial charge is 0.0243 e. The molecule has 0 bridgehead atoms. The van der Waals surface area contributed by atoms with Crippen molar-refractivity contribution in [1.29, 1.82) is 0 Å². The molecule has 0 heterocycles. The zero-order chi connectivity index (χ0) is 5.11. The molecule has 1 rings (SSSR count). The van der Waals surface area contributed by atoms with Gasteiger partial charge in [0.05, 0.1) is 0 Å². The topological polar surface area (TPSA) is 12.0 Å². The van der Waals surface area contributed by atoms with Crippen LogP contribution in [0.4, 0.5) is 0 Å². The lowest BCUT2D eigenvalue weighted by molar-refractivity contribution is 0.721. The molecule has 1 N–H and O–H groups in total. The highest BCUT2D eigenvalue weighted by Crippen LogP contribution is 2.17. The molecule has 0 radical (unpaired) electrons. The Morgan fingerprint density at radius 1 is 2.00 bits per heavy atom. The molecule has 0 aromatic carbocycles. The van der Waals surface area contributed by atoms with Crippen molar-refractivity contribution in [2.75, 3.05) is 6.54 Å². The molecule has 0 aromatic rings. The van der Waals surface area contributed by atoms with Gasteiger partial charge in [-0.15, -0.1) is 0 Å². The van der Waals surface area contributed by atoms with Gasteiger partial charge in [0, 0.05) is 7.41 Å². The number of rotatable bonds is 2. The Balaban J connectivity index is 1.80. The van der Waals surface area contributed by atoms with Crippen LogP contribution in [0.15, 0.2) is 0 Å². The van der Waals surface area contributed by atoms with Gasteiger partial charge in [0.15, 0.2) is 0 Å². The molecule has 0 amide bonds. The monoisotopic (exact) mass is 86.1 g/mol. The van der Waals surface area contributed by atoms with E-state index in [1.807, 2.05) is 0 Å². The normalized spacial score (nSPS) is 23.7. The summed E-state index contributed by atoms with van der Waals surface area (Å²) >= 11 is 0. The molecular formula is C5H11N. The molecule has 0 saturated heterocycles. The van der Waals surface area contributed by atoms with Gasteiger partial charge in [-0.1, -0.05) is 6.90 Å². The fraction of sp³-hybridized carbons (Fsp3) is 1.00. The molecule has 1 heteroatoms. The highest BCUT2D eigenvalue weighted by atomic mass is 14.9. The minimum absolute atomic E-state index is 0.524. The Morgan fingerprint density at radius 2 is 2.83 bits per heavy atom. The summed E-state index contributed by atoms with van der Waals surface area (Å²) in [5, 5.41) is 3.22. The van der Waals surface area contributed by atoms with E-state index in [-0.39, 0.29) is 0 Å². The van der Waals surface area contributed by atoms with E-state index in [0.717, 1.165) is 12.6 Å². The van der Waals surface area contributed by atoms with E-state index >= 15 is 0 Å². The van der Waals surface area contributed by atoms with Crippen LogP contribution in [0.1, 0.15) is 21.1 Å². The van der Waals surface area contributed by atoms with Crippen molar-refractivity contribution in [1.82, 2.24) is 5.32 Å². The Labute approximate surface area is 40.1 Å².